The van der Waals surface area contributed by atoms with Crippen molar-refractivity contribution in [2.24, 2.45) is 0 Å². The van der Waals surface area contributed by atoms with Gasteiger partial charge in [-0.05, 0) is 19.4 Å². The number of hydrogen-bond donors (Lipinski definition) is 0. The van der Waals surface area contributed by atoms with Gasteiger partial charge in [0, 0.05) is 25.7 Å². The maximum absolute atomic E-state index is 12.2. The first-order valence-electron chi connectivity index (χ1n) is 7.34. The Hall–Kier alpha value is -1.39. The molecule has 0 aliphatic carbocycles. The van der Waals surface area contributed by atoms with Crippen LogP contribution in [0.15, 0.2) is 30.3 Å². The molecule has 4 nitrogen and oxygen atoms in total. The third-order valence-electron chi connectivity index (χ3n) is 4.33. The van der Waals surface area contributed by atoms with Crippen LogP contribution in [-0.2, 0) is 16.1 Å². The Bertz CT molecular complexity index is 475. The van der Waals surface area contributed by atoms with E-state index in [1.54, 1.807) is 0 Å². The predicted molar refractivity (Wildman–Crippen MR) is 77.2 cm³/mol. The van der Waals surface area contributed by atoms with Gasteiger partial charge >= 0.3 is 0 Å². The molecule has 2 aliphatic rings. The Morgan fingerprint density at radius 3 is 2.70 bits per heavy atom. The van der Waals surface area contributed by atoms with E-state index in [2.05, 4.69) is 30.9 Å². The van der Waals surface area contributed by atoms with E-state index >= 15 is 0 Å². The number of hydrogen-bond acceptors (Lipinski definition) is 3. The van der Waals surface area contributed by atoms with E-state index in [0.717, 1.165) is 13.1 Å². The van der Waals surface area contributed by atoms with Crippen LogP contribution < -0.4 is 0 Å². The van der Waals surface area contributed by atoms with Crippen LogP contribution in [0.2, 0.25) is 0 Å². The van der Waals surface area contributed by atoms with Crippen LogP contribution in [0.4, 0.5) is 0 Å². The molecule has 4 heteroatoms. The van der Waals surface area contributed by atoms with E-state index in [4.69, 9.17) is 4.74 Å². The summed E-state index contributed by atoms with van der Waals surface area (Å²) in [5, 5.41) is 0. The Kier molecular flexibility index (Phi) is 3.76. The maximum Gasteiger partial charge on any atom is 0.249 e. The number of likely N-dealkylation sites (tertiary alicyclic amines) is 1. The fourth-order valence-electron chi connectivity index (χ4n) is 3.10. The van der Waals surface area contributed by atoms with Crippen LogP contribution in [0.5, 0.6) is 0 Å². The van der Waals surface area contributed by atoms with Gasteiger partial charge in [0.1, 0.15) is 6.61 Å². The van der Waals surface area contributed by atoms with E-state index in [-0.39, 0.29) is 24.7 Å². The average Bonchev–Trinajstić information content (AvgIpc) is 2.88. The van der Waals surface area contributed by atoms with Crippen LogP contribution in [0, 0.1) is 0 Å². The minimum Gasteiger partial charge on any atom is -0.365 e. The Labute approximate surface area is 120 Å². The van der Waals surface area contributed by atoms with Crippen LogP contribution in [0.25, 0.3) is 0 Å². The van der Waals surface area contributed by atoms with Crippen molar-refractivity contribution >= 4 is 5.91 Å². The second kappa shape index (κ2) is 5.54. The third-order valence-corrected chi connectivity index (χ3v) is 4.33. The normalized spacial score (nSPS) is 27.1. The van der Waals surface area contributed by atoms with E-state index in [0.29, 0.717) is 12.6 Å². The zero-order chi connectivity index (χ0) is 14.1. The summed E-state index contributed by atoms with van der Waals surface area (Å²) in [5.41, 5.74) is 1.18. The second-order valence-corrected chi connectivity index (χ2v) is 5.97. The topological polar surface area (TPSA) is 32.8 Å². The Morgan fingerprint density at radius 1 is 1.25 bits per heavy atom. The molecule has 0 bridgehead atoms. The molecule has 2 aliphatic heterocycles. The van der Waals surface area contributed by atoms with Gasteiger partial charge in [0.15, 0.2) is 0 Å². The average molecular weight is 274 g/mol. The maximum atomic E-state index is 12.2. The molecule has 2 atom stereocenters. The van der Waals surface area contributed by atoms with Crippen LogP contribution >= 0.6 is 0 Å². The summed E-state index contributed by atoms with van der Waals surface area (Å²) in [7, 11) is 0. The van der Waals surface area contributed by atoms with Gasteiger partial charge in [-0.15, -0.1) is 0 Å². The lowest BCUT2D eigenvalue weighted by Crippen LogP contribution is -2.53. The monoisotopic (exact) mass is 274 g/mol. The predicted octanol–water partition coefficient (Wildman–Crippen LogP) is 1.51. The molecule has 1 aromatic rings. The van der Waals surface area contributed by atoms with Crippen molar-refractivity contribution in [2.75, 3.05) is 19.7 Å². The van der Waals surface area contributed by atoms with Crippen molar-refractivity contribution < 1.29 is 9.53 Å². The largest absolute Gasteiger partial charge is 0.365 e. The molecule has 0 aromatic heterocycles. The van der Waals surface area contributed by atoms with E-state index < -0.39 is 0 Å². The quantitative estimate of drug-likeness (QED) is 0.837. The minimum absolute atomic E-state index is 0.112. The summed E-state index contributed by atoms with van der Waals surface area (Å²) < 4.78 is 5.73. The number of ether oxygens (including phenoxy) is 1. The number of morpholine rings is 1. The number of rotatable bonds is 3. The van der Waals surface area contributed by atoms with Gasteiger partial charge in [0.05, 0.1) is 12.1 Å². The van der Waals surface area contributed by atoms with Gasteiger partial charge in [-0.25, -0.2) is 0 Å². The van der Waals surface area contributed by atoms with E-state index in [9.17, 15) is 4.79 Å². The number of carbonyl (C=O) groups excluding carboxylic acids is 1. The zero-order valence-electron chi connectivity index (χ0n) is 12.2. The molecule has 0 spiro atoms. The first kappa shape index (κ1) is 13.6. The van der Waals surface area contributed by atoms with Crippen LogP contribution in [0.1, 0.15) is 19.4 Å². The molecule has 108 valence electrons. The van der Waals surface area contributed by atoms with Crippen molar-refractivity contribution in [3.63, 3.8) is 0 Å². The van der Waals surface area contributed by atoms with Gasteiger partial charge in [0.2, 0.25) is 5.91 Å². The van der Waals surface area contributed by atoms with E-state index in [1.165, 1.54) is 5.56 Å². The van der Waals surface area contributed by atoms with Gasteiger partial charge in [0.25, 0.3) is 0 Å². The van der Waals surface area contributed by atoms with Crippen LogP contribution in [0.3, 0.4) is 0 Å². The number of amides is 1. The molecule has 20 heavy (non-hydrogen) atoms. The minimum atomic E-state index is 0.112. The molecule has 0 N–H and O–H groups in total. The first-order chi connectivity index (χ1) is 9.65. The van der Waals surface area contributed by atoms with Crippen LogP contribution in [-0.4, -0.2) is 53.6 Å². The van der Waals surface area contributed by atoms with Crippen molar-refractivity contribution in [1.29, 1.82) is 0 Å². The zero-order valence-corrected chi connectivity index (χ0v) is 12.2. The molecule has 2 fully saturated rings. The lowest BCUT2D eigenvalue weighted by Gasteiger charge is -2.36. The van der Waals surface area contributed by atoms with Gasteiger partial charge < -0.3 is 9.64 Å². The lowest BCUT2D eigenvalue weighted by atomic mass is 10.1. The van der Waals surface area contributed by atoms with Gasteiger partial charge in [-0.1, -0.05) is 30.3 Å². The summed E-state index contributed by atoms with van der Waals surface area (Å²) >= 11 is 0. The standard InChI is InChI=1S/C16H22N2O2/c1-12(2)17-9-14-15(10-17)20-11-16(19)18(14)8-13-6-4-3-5-7-13/h3-7,12,14-15H,8-11H2,1-2H3/t14-,15+/m1/s1. The molecular weight excluding hydrogens is 252 g/mol. The fraction of sp³-hybridized carbons (Fsp3) is 0.562. The molecule has 3 rings (SSSR count). The van der Waals surface area contributed by atoms with Crippen molar-refractivity contribution in [3.8, 4) is 0 Å². The highest BCUT2D eigenvalue weighted by Crippen LogP contribution is 2.26. The number of nitrogens with zero attached hydrogens (tertiary/aromatic N) is 2. The Balaban J connectivity index is 1.76. The number of carbonyl (C=O) groups is 1. The molecule has 1 aromatic carbocycles. The fourth-order valence-corrected chi connectivity index (χ4v) is 3.10. The summed E-state index contributed by atoms with van der Waals surface area (Å²) in [6, 6.07) is 10.9. The highest BCUT2D eigenvalue weighted by atomic mass is 16.5. The Morgan fingerprint density at radius 2 is 2.00 bits per heavy atom. The molecule has 0 radical (unpaired) electrons. The summed E-state index contributed by atoms with van der Waals surface area (Å²) in [4.78, 5) is 16.6. The highest BCUT2D eigenvalue weighted by molar-refractivity contribution is 5.78. The van der Waals surface area contributed by atoms with Crippen molar-refractivity contribution in [1.82, 2.24) is 9.80 Å². The van der Waals surface area contributed by atoms with E-state index in [1.807, 2.05) is 23.1 Å². The summed E-state index contributed by atoms with van der Waals surface area (Å²) in [6.07, 6.45) is 0.166. The molecule has 0 saturated carbocycles. The molecule has 0 unspecified atom stereocenters. The van der Waals surface area contributed by atoms with Crippen molar-refractivity contribution in [3.05, 3.63) is 35.9 Å². The summed E-state index contributed by atoms with van der Waals surface area (Å²) in [6.45, 7) is 7.15. The van der Waals surface area contributed by atoms with Gasteiger partial charge in [-0.2, -0.15) is 0 Å². The lowest BCUT2D eigenvalue weighted by molar-refractivity contribution is -0.153. The van der Waals surface area contributed by atoms with Gasteiger partial charge in [-0.3, -0.25) is 9.69 Å². The SMILES string of the molecule is CC(C)N1C[C@@H]2OCC(=O)N(Cc3ccccc3)[C@@H]2C1. The first-order valence-corrected chi connectivity index (χ1v) is 7.34. The highest BCUT2D eigenvalue weighted by Gasteiger charge is 2.43. The molecule has 1 amide bonds. The number of fused-ring (bicyclic) bond motifs is 1. The molecule has 2 heterocycles. The number of benzene rings is 1. The second-order valence-electron chi connectivity index (χ2n) is 5.97. The third kappa shape index (κ3) is 2.58. The van der Waals surface area contributed by atoms with Crippen molar-refractivity contribution in [2.45, 2.75) is 38.6 Å². The molecule has 2 saturated heterocycles. The summed E-state index contributed by atoms with van der Waals surface area (Å²) in [5.74, 6) is 0.112. The molecular formula is C16H22N2O2. The smallest absolute Gasteiger partial charge is 0.249 e.